The van der Waals surface area contributed by atoms with Crippen LogP contribution in [0.3, 0.4) is 0 Å². The van der Waals surface area contributed by atoms with Gasteiger partial charge in [-0.1, -0.05) is 44.2 Å². The number of hydrogen-bond donors (Lipinski definition) is 2. The summed E-state index contributed by atoms with van der Waals surface area (Å²) in [5, 5.41) is 0. The van der Waals surface area contributed by atoms with Crippen LogP contribution < -0.4 is 5.73 Å². The summed E-state index contributed by atoms with van der Waals surface area (Å²) in [6, 6.07) is 14.7. The number of fused-ring (bicyclic) bond motifs is 1. The number of hydrogen-bond acceptors (Lipinski definition) is 2. The van der Waals surface area contributed by atoms with Crippen LogP contribution in [-0.2, 0) is 6.54 Å². The van der Waals surface area contributed by atoms with Gasteiger partial charge in [0, 0.05) is 12.5 Å². The molecule has 20 heavy (non-hydrogen) atoms. The first kappa shape index (κ1) is 12.9. The van der Waals surface area contributed by atoms with Crippen LogP contribution in [0.1, 0.15) is 31.2 Å². The fourth-order valence-corrected chi connectivity index (χ4v) is 2.32. The Balaban J connectivity index is 2.02. The first-order valence-electron chi connectivity index (χ1n) is 6.96. The first-order chi connectivity index (χ1) is 9.67. The van der Waals surface area contributed by atoms with Gasteiger partial charge in [-0.05, 0) is 28.8 Å². The molecule has 0 aliphatic heterocycles. The summed E-state index contributed by atoms with van der Waals surface area (Å²) in [6.07, 6.45) is 0. The molecule has 0 spiro atoms. The van der Waals surface area contributed by atoms with Gasteiger partial charge in [-0.25, -0.2) is 4.98 Å². The fraction of sp³-hybridized carbons (Fsp3) is 0.235. The molecule has 3 rings (SSSR count). The van der Waals surface area contributed by atoms with Crippen molar-refractivity contribution in [1.82, 2.24) is 9.97 Å². The summed E-state index contributed by atoms with van der Waals surface area (Å²) in [5.41, 5.74) is 11.3. The highest BCUT2D eigenvalue weighted by Gasteiger charge is 2.07. The van der Waals surface area contributed by atoms with Gasteiger partial charge >= 0.3 is 0 Å². The lowest BCUT2D eigenvalue weighted by Gasteiger charge is -2.03. The molecule has 0 aliphatic carbocycles. The highest BCUT2D eigenvalue weighted by atomic mass is 14.9. The Morgan fingerprint density at radius 1 is 1.05 bits per heavy atom. The lowest BCUT2D eigenvalue weighted by atomic mass is 10.0. The van der Waals surface area contributed by atoms with E-state index in [1.165, 1.54) is 11.1 Å². The minimum absolute atomic E-state index is 0.412. The maximum atomic E-state index is 5.63. The quantitative estimate of drug-likeness (QED) is 0.756. The van der Waals surface area contributed by atoms with Gasteiger partial charge < -0.3 is 10.7 Å². The average Bonchev–Trinajstić information content (AvgIpc) is 2.90. The molecule has 0 aliphatic rings. The molecule has 1 heterocycles. The summed E-state index contributed by atoms with van der Waals surface area (Å²) in [7, 11) is 0. The van der Waals surface area contributed by atoms with Crippen LogP contribution in [0.4, 0.5) is 0 Å². The Morgan fingerprint density at radius 2 is 1.75 bits per heavy atom. The van der Waals surface area contributed by atoms with E-state index in [9.17, 15) is 0 Å². The molecule has 0 fully saturated rings. The molecule has 0 saturated carbocycles. The van der Waals surface area contributed by atoms with Crippen molar-refractivity contribution in [1.29, 1.82) is 0 Å². The molecule has 3 nitrogen and oxygen atoms in total. The topological polar surface area (TPSA) is 54.7 Å². The monoisotopic (exact) mass is 265 g/mol. The third-order valence-electron chi connectivity index (χ3n) is 3.57. The number of benzene rings is 2. The van der Waals surface area contributed by atoms with Crippen molar-refractivity contribution in [2.75, 3.05) is 0 Å². The number of nitrogens with zero attached hydrogens (tertiary/aromatic N) is 1. The molecule has 0 saturated heterocycles. The summed E-state index contributed by atoms with van der Waals surface area (Å²) in [5.74, 6) is 1.45. The van der Waals surface area contributed by atoms with Gasteiger partial charge in [0.25, 0.3) is 0 Å². The molecule has 3 heteroatoms. The normalized spacial score (nSPS) is 11.4. The first-order valence-corrected chi connectivity index (χ1v) is 6.96. The number of aromatic amines is 1. The third kappa shape index (κ3) is 2.32. The SMILES string of the molecule is CC(C)c1nc2ccc(-c3ccc(CN)cc3)cc2[nH]1. The van der Waals surface area contributed by atoms with Crippen molar-refractivity contribution in [3.63, 3.8) is 0 Å². The Morgan fingerprint density at radius 3 is 2.40 bits per heavy atom. The van der Waals surface area contributed by atoms with Crippen molar-refractivity contribution >= 4 is 11.0 Å². The second-order valence-electron chi connectivity index (χ2n) is 5.41. The zero-order valence-corrected chi connectivity index (χ0v) is 11.9. The van der Waals surface area contributed by atoms with Crippen LogP contribution in [0.5, 0.6) is 0 Å². The largest absolute Gasteiger partial charge is 0.342 e. The van der Waals surface area contributed by atoms with Crippen LogP contribution in [-0.4, -0.2) is 9.97 Å². The second kappa shape index (κ2) is 5.10. The van der Waals surface area contributed by atoms with Gasteiger partial charge in [0.1, 0.15) is 5.82 Å². The van der Waals surface area contributed by atoms with Crippen molar-refractivity contribution in [3.05, 3.63) is 53.9 Å². The number of imidazole rings is 1. The Labute approximate surface area is 118 Å². The molecule has 0 bridgehead atoms. The second-order valence-corrected chi connectivity index (χ2v) is 5.41. The molecule has 3 aromatic rings. The van der Waals surface area contributed by atoms with Gasteiger partial charge in [0.2, 0.25) is 0 Å². The summed E-state index contributed by atoms with van der Waals surface area (Å²) in [4.78, 5) is 8.00. The van der Waals surface area contributed by atoms with E-state index in [-0.39, 0.29) is 0 Å². The molecular formula is C17H19N3. The standard InChI is InChI=1S/C17H19N3/c1-11(2)17-19-15-8-7-14(9-16(15)20-17)13-5-3-12(10-18)4-6-13/h3-9,11H,10,18H2,1-2H3,(H,19,20). The predicted molar refractivity (Wildman–Crippen MR) is 83.5 cm³/mol. The number of aromatic nitrogens is 2. The predicted octanol–water partition coefficient (Wildman–Crippen LogP) is 3.81. The Hall–Kier alpha value is -2.13. The molecule has 3 N–H and O–H groups in total. The van der Waals surface area contributed by atoms with E-state index in [1.54, 1.807) is 0 Å². The summed E-state index contributed by atoms with van der Waals surface area (Å²) >= 11 is 0. The van der Waals surface area contributed by atoms with Crippen LogP contribution in [0, 0.1) is 0 Å². The van der Waals surface area contributed by atoms with Gasteiger partial charge in [-0.2, -0.15) is 0 Å². The number of rotatable bonds is 3. The van der Waals surface area contributed by atoms with E-state index in [2.05, 4.69) is 66.3 Å². The van der Waals surface area contributed by atoms with E-state index in [1.807, 2.05) is 0 Å². The van der Waals surface area contributed by atoms with Crippen molar-refractivity contribution in [2.45, 2.75) is 26.3 Å². The van der Waals surface area contributed by atoms with E-state index < -0.39 is 0 Å². The van der Waals surface area contributed by atoms with Crippen LogP contribution >= 0.6 is 0 Å². The molecule has 1 aromatic heterocycles. The fourth-order valence-electron chi connectivity index (χ4n) is 2.32. The van der Waals surface area contributed by atoms with Gasteiger partial charge in [-0.15, -0.1) is 0 Å². The van der Waals surface area contributed by atoms with Crippen molar-refractivity contribution in [3.8, 4) is 11.1 Å². The zero-order valence-electron chi connectivity index (χ0n) is 11.9. The van der Waals surface area contributed by atoms with E-state index in [0.717, 1.165) is 22.4 Å². The molecule has 0 amide bonds. The number of nitrogens with one attached hydrogen (secondary N) is 1. The molecular weight excluding hydrogens is 246 g/mol. The highest BCUT2D eigenvalue weighted by Crippen LogP contribution is 2.25. The Bertz CT molecular complexity index is 724. The van der Waals surface area contributed by atoms with Gasteiger partial charge in [-0.3, -0.25) is 0 Å². The van der Waals surface area contributed by atoms with E-state index >= 15 is 0 Å². The van der Waals surface area contributed by atoms with Crippen LogP contribution in [0.25, 0.3) is 22.2 Å². The summed E-state index contributed by atoms with van der Waals surface area (Å²) in [6.45, 7) is 4.87. The Kier molecular flexibility index (Phi) is 3.28. The average molecular weight is 265 g/mol. The lowest BCUT2D eigenvalue weighted by Crippen LogP contribution is -1.95. The smallest absolute Gasteiger partial charge is 0.109 e. The number of nitrogens with two attached hydrogens (primary N) is 1. The maximum absolute atomic E-state index is 5.63. The molecule has 0 unspecified atom stereocenters. The van der Waals surface area contributed by atoms with Crippen LogP contribution in [0.2, 0.25) is 0 Å². The lowest BCUT2D eigenvalue weighted by molar-refractivity contribution is 0.799. The molecule has 0 radical (unpaired) electrons. The maximum Gasteiger partial charge on any atom is 0.109 e. The molecule has 0 atom stereocenters. The van der Waals surface area contributed by atoms with Crippen molar-refractivity contribution in [2.24, 2.45) is 5.73 Å². The van der Waals surface area contributed by atoms with Gasteiger partial charge in [0.05, 0.1) is 11.0 Å². The van der Waals surface area contributed by atoms with Crippen molar-refractivity contribution < 1.29 is 0 Å². The minimum atomic E-state index is 0.412. The molecule has 2 aromatic carbocycles. The summed E-state index contributed by atoms with van der Waals surface area (Å²) < 4.78 is 0. The highest BCUT2D eigenvalue weighted by molar-refractivity contribution is 5.82. The van der Waals surface area contributed by atoms with E-state index in [0.29, 0.717) is 12.5 Å². The van der Waals surface area contributed by atoms with Crippen LogP contribution in [0.15, 0.2) is 42.5 Å². The zero-order chi connectivity index (χ0) is 14.1. The number of H-pyrrole nitrogens is 1. The molecule has 102 valence electrons. The third-order valence-corrected chi connectivity index (χ3v) is 3.57. The van der Waals surface area contributed by atoms with Gasteiger partial charge in [0.15, 0.2) is 0 Å². The van der Waals surface area contributed by atoms with E-state index in [4.69, 9.17) is 5.73 Å². The minimum Gasteiger partial charge on any atom is -0.342 e.